The largest absolute Gasteiger partial charge is 0.484 e. The zero-order chi connectivity index (χ0) is 26.4. The second-order valence-corrected chi connectivity index (χ2v) is 8.44. The van der Waals surface area contributed by atoms with Gasteiger partial charge in [0.1, 0.15) is 11.8 Å². The number of nitrogens with one attached hydrogen (secondary N) is 2. The Labute approximate surface area is 214 Å². The average Bonchev–Trinajstić information content (AvgIpc) is 2.89. The highest BCUT2D eigenvalue weighted by molar-refractivity contribution is 6.14. The van der Waals surface area contributed by atoms with E-state index in [1.165, 1.54) is 17.0 Å². The van der Waals surface area contributed by atoms with Gasteiger partial charge in [-0.1, -0.05) is 29.8 Å². The highest BCUT2D eigenvalue weighted by Crippen LogP contribution is 2.33. The smallest absolute Gasteiger partial charge is 0.338 e. The van der Waals surface area contributed by atoms with Crippen LogP contribution in [0.4, 0.5) is 17.1 Å². The fourth-order valence-electron chi connectivity index (χ4n) is 3.92. The summed E-state index contributed by atoms with van der Waals surface area (Å²) in [5.41, 5.74) is 2.81. The van der Waals surface area contributed by atoms with Crippen LogP contribution in [-0.2, 0) is 19.1 Å². The molecule has 0 saturated carbocycles. The number of carbonyl (C=O) groups excluding carboxylic acids is 4. The van der Waals surface area contributed by atoms with E-state index >= 15 is 0 Å². The quantitative estimate of drug-likeness (QED) is 0.452. The van der Waals surface area contributed by atoms with Crippen molar-refractivity contribution in [1.82, 2.24) is 0 Å². The van der Waals surface area contributed by atoms with E-state index in [4.69, 9.17) is 9.47 Å². The molecule has 0 aliphatic carbocycles. The van der Waals surface area contributed by atoms with Crippen LogP contribution in [0, 0.1) is 6.92 Å². The molecule has 3 aromatic rings. The maximum Gasteiger partial charge on any atom is 0.338 e. The number of nitrogens with zero attached hydrogens (tertiary/aromatic N) is 1. The molecule has 0 radical (unpaired) electrons. The van der Waals surface area contributed by atoms with Crippen molar-refractivity contribution in [1.29, 1.82) is 0 Å². The highest BCUT2D eigenvalue weighted by atomic mass is 16.5. The van der Waals surface area contributed by atoms with E-state index in [1.807, 2.05) is 19.1 Å². The van der Waals surface area contributed by atoms with E-state index in [9.17, 15) is 19.2 Å². The third kappa shape index (κ3) is 6.13. The molecule has 1 atom stereocenters. The first-order valence-corrected chi connectivity index (χ1v) is 11.8. The Bertz CT molecular complexity index is 1300. The fourth-order valence-corrected chi connectivity index (χ4v) is 3.92. The molecule has 0 bridgehead atoms. The Balaban J connectivity index is 1.49. The molecule has 3 amide bonds. The molecule has 1 aliphatic heterocycles. The molecule has 190 valence electrons. The number of hydrogen-bond donors (Lipinski definition) is 2. The number of aryl methyl sites for hydroxylation is 1. The van der Waals surface area contributed by atoms with Crippen molar-refractivity contribution in [2.45, 2.75) is 26.3 Å². The van der Waals surface area contributed by atoms with Gasteiger partial charge in [0.15, 0.2) is 6.61 Å². The minimum atomic E-state index is -1.08. The summed E-state index contributed by atoms with van der Waals surface area (Å²) in [7, 11) is 0. The van der Waals surface area contributed by atoms with E-state index in [0.29, 0.717) is 28.4 Å². The Hall–Kier alpha value is -4.66. The number of amides is 3. The molecule has 9 heteroatoms. The summed E-state index contributed by atoms with van der Waals surface area (Å²) in [5, 5.41) is 5.49. The SMILES string of the molecule is CCOC(=O)c1ccc(NC(=O)C[C@@H]2C(=O)Nc3ccccc3N2C(=O)COc2ccc(C)cc2)cc1. The van der Waals surface area contributed by atoms with Gasteiger partial charge in [0.05, 0.1) is 30.0 Å². The number of rotatable bonds is 8. The second-order valence-electron chi connectivity index (χ2n) is 8.44. The van der Waals surface area contributed by atoms with Crippen molar-refractivity contribution in [2.24, 2.45) is 0 Å². The van der Waals surface area contributed by atoms with Crippen molar-refractivity contribution >= 4 is 40.8 Å². The molecule has 0 unspecified atom stereocenters. The summed E-state index contributed by atoms with van der Waals surface area (Å²) in [6, 6.07) is 19.3. The molecule has 1 heterocycles. The monoisotopic (exact) mass is 501 g/mol. The van der Waals surface area contributed by atoms with Gasteiger partial charge >= 0.3 is 5.97 Å². The lowest BCUT2D eigenvalue weighted by Gasteiger charge is -2.36. The lowest BCUT2D eigenvalue weighted by Crippen LogP contribution is -2.53. The lowest BCUT2D eigenvalue weighted by atomic mass is 10.0. The molecule has 9 nitrogen and oxygen atoms in total. The Morgan fingerprint density at radius 1 is 0.973 bits per heavy atom. The predicted octanol–water partition coefficient (Wildman–Crippen LogP) is 3.93. The molecule has 0 fully saturated rings. The van der Waals surface area contributed by atoms with Gasteiger partial charge in [-0.3, -0.25) is 19.3 Å². The summed E-state index contributed by atoms with van der Waals surface area (Å²) in [4.78, 5) is 52.3. The van der Waals surface area contributed by atoms with Gasteiger partial charge in [-0.25, -0.2) is 4.79 Å². The summed E-state index contributed by atoms with van der Waals surface area (Å²) in [6.07, 6.45) is -0.282. The summed E-state index contributed by atoms with van der Waals surface area (Å²) in [6.45, 7) is 3.62. The maximum absolute atomic E-state index is 13.3. The van der Waals surface area contributed by atoms with Crippen LogP contribution >= 0.6 is 0 Å². The Kier molecular flexibility index (Phi) is 7.83. The standard InChI is InChI=1S/C28H27N3O6/c1-3-36-28(35)19-10-12-20(13-11-19)29-25(32)16-24-27(34)30-22-6-4-5-7-23(22)31(24)26(33)17-37-21-14-8-18(2)9-15-21/h4-15,24H,3,16-17H2,1-2H3,(H,29,32)(H,30,34)/t24-/m1/s1. The molecule has 0 spiro atoms. The molecule has 3 aromatic carbocycles. The number of esters is 1. The minimum Gasteiger partial charge on any atom is -0.484 e. The molecule has 0 aromatic heterocycles. The lowest BCUT2D eigenvalue weighted by molar-refractivity contribution is -0.127. The van der Waals surface area contributed by atoms with Crippen molar-refractivity contribution in [3.8, 4) is 5.75 Å². The molecule has 4 rings (SSSR count). The maximum atomic E-state index is 13.3. The van der Waals surface area contributed by atoms with E-state index in [-0.39, 0.29) is 19.6 Å². The number of fused-ring (bicyclic) bond motifs is 1. The van der Waals surface area contributed by atoms with Crippen LogP contribution < -0.4 is 20.3 Å². The van der Waals surface area contributed by atoms with Crippen molar-refractivity contribution in [2.75, 3.05) is 28.7 Å². The van der Waals surface area contributed by atoms with Crippen LogP contribution in [0.25, 0.3) is 0 Å². The van der Waals surface area contributed by atoms with Crippen LogP contribution in [0.5, 0.6) is 5.75 Å². The number of ether oxygens (including phenoxy) is 2. The Morgan fingerprint density at radius 3 is 2.38 bits per heavy atom. The van der Waals surface area contributed by atoms with Gasteiger partial charge in [0.2, 0.25) is 11.8 Å². The Morgan fingerprint density at radius 2 is 1.68 bits per heavy atom. The van der Waals surface area contributed by atoms with Crippen LogP contribution in [0.2, 0.25) is 0 Å². The van der Waals surface area contributed by atoms with Gasteiger partial charge in [0, 0.05) is 5.69 Å². The first-order chi connectivity index (χ1) is 17.9. The summed E-state index contributed by atoms with van der Waals surface area (Å²) in [5.74, 6) is -1.34. The molecule has 1 aliphatic rings. The average molecular weight is 502 g/mol. The van der Waals surface area contributed by atoms with Gasteiger partial charge in [0.25, 0.3) is 5.91 Å². The third-order valence-corrected chi connectivity index (χ3v) is 5.75. The van der Waals surface area contributed by atoms with Gasteiger partial charge < -0.3 is 20.1 Å². The van der Waals surface area contributed by atoms with E-state index in [0.717, 1.165) is 5.56 Å². The van der Waals surface area contributed by atoms with Gasteiger partial charge in [-0.15, -0.1) is 0 Å². The van der Waals surface area contributed by atoms with E-state index in [2.05, 4.69) is 10.6 Å². The van der Waals surface area contributed by atoms with Crippen LogP contribution in [0.15, 0.2) is 72.8 Å². The first kappa shape index (κ1) is 25.4. The zero-order valence-electron chi connectivity index (χ0n) is 20.5. The van der Waals surface area contributed by atoms with Crippen LogP contribution in [0.3, 0.4) is 0 Å². The molecule has 0 saturated heterocycles. The van der Waals surface area contributed by atoms with Crippen molar-refractivity contribution in [3.05, 3.63) is 83.9 Å². The van der Waals surface area contributed by atoms with Crippen LogP contribution in [-0.4, -0.2) is 42.9 Å². The number of para-hydroxylation sites is 2. The van der Waals surface area contributed by atoms with Gasteiger partial charge in [-0.2, -0.15) is 0 Å². The number of carbonyl (C=O) groups is 4. The van der Waals surface area contributed by atoms with Crippen LogP contribution in [0.1, 0.15) is 29.3 Å². The topological polar surface area (TPSA) is 114 Å². The van der Waals surface area contributed by atoms with Crippen molar-refractivity contribution < 1.29 is 28.7 Å². The first-order valence-electron chi connectivity index (χ1n) is 11.8. The summed E-state index contributed by atoms with van der Waals surface area (Å²) >= 11 is 0. The molecular weight excluding hydrogens is 474 g/mol. The van der Waals surface area contributed by atoms with Crippen molar-refractivity contribution in [3.63, 3.8) is 0 Å². The third-order valence-electron chi connectivity index (χ3n) is 5.75. The molecule has 2 N–H and O–H groups in total. The second kappa shape index (κ2) is 11.4. The molecular formula is C28H27N3O6. The normalized spacial score (nSPS) is 14.3. The fraction of sp³-hybridized carbons (Fsp3) is 0.214. The van der Waals surface area contributed by atoms with E-state index in [1.54, 1.807) is 55.5 Å². The summed E-state index contributed by atoms with van der Waals surface area (Å²) < 4.78 is 10.6. The molecule has 37 heavy (non-hydrogen) atoms. The van der Waals surface area contributed by atoms with E-state index < -0.39 is 29.7 Å². The predicted molar refractivity (Wildman–Crippen MR) is 139 cm³/mol. The number of anilines is 3. The van der Waals surface area contributed by atoms with Gasteiger partial charge in [-0.05, 0) is 62.4 Å². The number of hydrogen-bond acceptors (Lipinski definition) is 6. The number of benzene rings is 3. The zero-order valence-corrected chi connectivity index (χ0v) is 20.5. The highest BCUT2D eigenvalue weighted by Gasteiger charge is 2.38. The minimum absolute atomic E-state index is 0.259.